The van der Waals surface area contributed by atoms with Crippen LogP contribution in [0.5, 0.6) is 11.8 Å². The molecule has 0 saturated carbocycles. The normalized spacial score (nSPS) is 10.3. The van der Waals surface area contributed by atoms with E-state index in [0.29, 0.717) is 5.69 Å². The molecule has 12 nitrogen and oxygen atoms in total. The number of esters is 1. The summed E-state index contributed by atoms with van der Waals surface area (Å²) in [7, 11) is -0.890. The number of anilines is 1. The molecule has 2 aromatic heterocycles. The number of sulfonamides is 1. The molecule has 29 heavy (non-hydrogen) atoms. The Kier molecular flexibility index (Phi) is 8.76. The molecule has 0 bridgehead atoms. The zero-order valence-corrected chi connectivity index (χ0v) is 19.1. The molecular weight excluding hydrogens is 417 g/mol. The Hall–Kier alpha value is -2.48. The summed E-state index contributed by atoms with van der Waals surface area (Å²) in [5, 5.41) is 1.37. The van der Waals surface area contributed by atoms with Crippen molar-refractivity contribution in [3.05, 3.63) is 34.2 Å². The van der Waals surface area contributed by atoms with E-state index >= 15 is 0 Å². The number of hydrogen-bond donors (Lipinski definition) is 1. The second kappa shape index (κ2) is 10.3. The van der Waals surface area contributed by atoms with E-state index in [1.54, 1.807) is 0 Å². The van der Waals surface area contributed by atoms with E-state index in [2.05, 4.69) is 29.7 Å². The monoisotopic (exact) mass is 433 g/mol. The molecule has 2 heterocycles. The van der Waals surface area contributed by atoms with E-state index in [0.717, 1.165) is 7.11 Å². The standard InChI is InChI=1S/C15H17N5O7S.Na/c1-8-5-6-9(13(21)27-4)12(16-8)28(23,24)20-15(22)19-14-17-10(25-2)7-11(18-14)26-3;/h5-7H,1-4H3,(H2,17,18,19,20,22);/q;+1/p-1. The van der Waals surface area contributed by atoms with E-state index in [1.165, 1.54) is 39.3 Å². The summed E-state index contributed by atoms with van der Waals surface area (Å²) in [5.74, 6) is -1.11. The number of rotatable bonds is 6. The first-order valence-electron chi connectivity index (χ1n) is 7.52. The molecular formula is C15H16N5NaO7S. The fourth-order valence-corrected chi connectivity index (χ4v) is 2.97. The van der Waals surface area contributed by atoms with Gasteiger partial charge in [0.1, 0.15) is 0 Å². The van der Waals surface area contributed by atoms with Crippen molar-refractivity contribution in [3.8, 4) is 11.8 Å². The average Bonchev–Trinajstić information content (AvgIpc) is 2.66. The van der Waals surface area contributed by atoms with E-state index in [1.807, 2.05) is 0 Å². The van der Waals surface area contributed by atoms with Gasteiger partial charge in [0.15, 0.2) is 17.0 Å². The number of urea groups is 1. The van der Waals surface area contributed by atoms with Crippen LogP contribution in [0, 0.1) is 6.92 Å². The third-order valence-corrected chi connectivity index (χ3v) is 4.37. The van der Waals surface area contributed by atoms with Gasteiger partial charge in [-0.05, 0) is 19.1 Å². The molecule has 0 spiro atoms. The maximum Gasteiger partial charge on any atom is 1.00 e. The van der Waals surface area contributed by atoms with Crippen LogP contribution < -0.4 is 44.3 Å². The van der Waals surface area contributed by atoms with Crippen LogP contribution in [-0.2, 0) is 14.8 Å². The van der Waals surface area contributed by atoms with Crippen LogP contribution >= 0.6 is 0 Å². The van der Waals surface area contributed by atoms with E-state index in [9.17, 15) is 18.0 Å². The zero-order chi connectivity index (χ0) is 20.9. The molecule has 0 saturated heterocycles. The van der Waals surface area contributed by atoms with Gasteiger partial charge in [-0.3, -0.25) is 4.79 Å². The van der Waals surface area contributed by atoms with Crippen LogP contribution in [0.3, 0.4) is 0 Å². The van der Waals surface area contributed by atoms with E-state index < -0.39 is 27.0 Å². The summed E-state index contributed by atoms with van der Waals surface area (Å²) >= 11 is 0. The van der Waals surface area contributed by atoms with Crippen LogP contribution in [0.4, 0.5) is 10.7 Å². The van der Waals surface area contributed by atoms with Crippen molar-refractivity contribution in [1.82, 2.24) is 15.0 Å². The fourth-order valence-electron chi connectivity index (χ4n) is 1.93. The molecule has 0 radical (unpaired) electrons. The molecule has 2 amide bonds. The van der Waals surface area contributed by atoms with Gasteiger partial charge in [-0.1, -0.05) is 0 Å². The Morgan fingerprint density at radius 1 is 1.03 bits per heavy atom. The Morgan fingerprint density at radius 2 is 1.62 bits per heavy atom. The molecule has 14 heteroatoms. The predicted octanol–water partition coefficient (Wildman–Crippen LogP) is -1.72. The molecule has 0 aliphatic heterocycles. The first kappa shape index (κ1) is 24.6. The molecule has 0 fully saturated rings. The topological polar surface area (TPSA) is 161 Å². The molecule has 0 atom stereocenters. The smallest absolute Gasteiger partial charge is 0.481 e. The second-order valence-electron chi connectivity index (χ2n) is 5.07. The van der Waals surface area contributed by atoms with Gasteiger partial charge in [-0.15, -0.1) is 0 Å². The minimum atomic E-state index is -4.64. The number of nitrogens with one attached hydrogen (secondary N) is 1. The second-order valence-corrected chi connectivity index (χ2v) is 6.59. The summed E-state index contributed by atoms with van der Waals surface area (Å²) in [5.41, 5.74) is -0.0633. The number of nitrogens with zero attached hydrogens (tertiary/aromatic N) is 4. The number of amides is 2. The molecule has 0 aromatic carbocycles. The van der Waals surface area contributed by atoms with Crippen LogP contribution in [0.15, 0.2) is 23.2 Å². The van der Waals surface area contributed by atoms with Crippen LogP contribution in [0.25, 0.3) is 4.72 Å². The van der Waals surface area contributed by atoms with Gasteiger partial charge in [-0.2, -0.15) is 9.97 Å². The van der Waals surface area contributed by atoms with Crippen molar-refractivity contribution in [3.63, 3.8) is 0 Å². The molecule has 2 aromatic rings. The van der Waals surface area contributed by atoms with Gasteiger partial charge >= 0.3 is 35.5 Å². The van der Waals surface area contributed by atoms with Crippen molar-refractivity contribution in [2.45, 2.75) is 11.9 Å². The fraction of sp³-hybridized carbons (Fsp3) is 0.267. The average molecular weight is 433 g/mol. The maximum absolute atomic E-state index is 12.5. The Bertz CT molecular complexity index is 994. The Morgan fingerprint density at radius 3 is 2.14 bits per heavy atom. The molecule has 0 aliphatic carbocycles. The van der Waals surface area contributed by atoms with Crippen molar-refractivity contribution >= 4 is 28.0 Å². The van der Waals surface area contributed by atoms with Crippen molar-refractivity contribution in [2.24, 2.45) is 0 Å². The number of aromatic nitrogens is 3. The first-order chi connectivity index (χ1) is 13.2. The number of carbonyl (C=O) groups is 2. The van der Waals surface area contributed by atoms with Gasteiger partial charge < -0.3 is 24.2 Å². The number of methoxy groups -OCH3 is 3. The van der Waals surface area contributed by atoms with Crippen LogP contribution in [0.1, 0.15) is 16.1 Å². The van der Waals surface area contributed by atoms with Gasteiger partial charge in [-0.25, -0.2) is 18.2 Å². The molecule has 1 N–H and O–H groups in total. The Labute approximate surface area is 188 Å². The number of carbonyl (C=O) groups excluding carboxylic acids is 2. The van der Waals surface area contributed by atoms with Crippen molar-refractivity contribution in [1.29, 1.82) is 0 Å². The third-order valence-electron chi connectivity index (χ3n) is 3.17. The third kappa shape index (κ3) is 6.25. The van der Waals surface area contributed by atoms with E-state index in [-0.39, 0.29) is 52.8 Å². The maximum atomic E-state index is 12.5. The molecule has 2 rings (SSSR count). The number of ether oxygens (including phenoxy) is 3. The summed E-state index contributed by atoms with van der Waals surface area (Å²) < 4.78 is 42.4. The minimum Gasteiger partial charge on any atom is -0.481 e. The summed E-state index contributed by atoms with van der Waals surface area (Å²) in [4.78, 5) is 35.3. The largest absolute Gasteiger partial charge is 1.00 e. The van der Waals surface area contributed by atoms with Gasteiger partial charge in [0.25, 0.3) is 0 Å². The number of pyridine rings is 1. The van der Waals surface area contributed by atoms with Gasteiger partial charge in [0, 0.05) is 5.69 Å². The van der Waals surface area contributed by atoms with Crippen molar-refractivity contribution < 1.29 is 61.8 Å². The van der Waals surface area contributed by atoms with Gasteiger partial charge in [0.2, 0.25) is 21.8 Å². The molecule has 0 aliphatic rings. The minimum absolute atomic E-state index is 0. The summed E-state index contributed by atoms with van der Waals surface area (Å²) in [6.07, 6.45) is 0. The predicted molar refractivity (Wildman–Crippen MR) is 95.0 cm³/mol. The Balaban J connectivity index is 0.00000420. The van der Waals surface area contributed by atoms with Crippen molar-refractivity contribution in [2.75, 3.05) is 26.6 Å². The zero-order valence-electron chi connectivity index (χ0n) is 16.3. The van der Waals surface area contributed by atoms with E-state index in [4.69, 9.17) is 9.47 Å². The van der Waals surface area contributed by atoms with Gasteiger partial charge in [0.05, 0.1) is 33.0 Å². The quantitative estimate of drug-likeness (QED) is 0.410. The number of hydrogen-bond acceptors (Lipinski definition) is 10. The van der Waals surface area contributed by atoms with Crippen LogP contribution in [0.2, 0.25) is 0 Å². The van der Waals surface area contributed by atoms with Crippen LogP contribution in [-0.4, -0.2) is 56.7 Å². The summed E-state index contributed by atoms with van der Waals surface area (Å²) in [6, 6.07) is 2.67. The molecule has 150 valence electrons. The summed E-state index contributed by atoms with van der Waals surface area (Å²) in [6.45, 7) is 1.51. The SMILES string of the molecule is COC(=O)c1ccc(C)nc1S(=O)(=O)[N-]C(=O)Nc1nc(OC)cc(OC)n1.[Na+]. The number of aryl methyl sites for hydroxylation is 1. The first-order valence-corrected chi connectivity index (χ1v) is 8.96. The molecule has 0 unspecified atom stereocenters.